The van der Waals surface area contributed by atoms with Gasteiger partial charge in [-0.25, -0.2) is 0 Å². The van der Waals surface area contributed by atoms with Crippen molar-refractivity contribution >= 4 is 0 Å². The van der Waals surface area contributed by atoms with Crippen LogP contribution in [0.3, 0.4) is 0 Å². The Morgan fingerprint density at radius 1 is 1.00 bits per heavy atom. The molecule has 0 spiro atoms. The van der Waals surface area contributed by atoms with E-state index in [9.17, 15) is 5.11 Å². The number of aliphatic hydroxyl groups is 1. The van der Waals surface area contributed by atoms with Crippen molar-refractivity contribution in [2.24, 2.45) is 11.8 Å². The summed E-state index contributed by atoms with van der Waals surface area (Å²) < 4.78 is 5.48. The van der Waals surface area contributed by atoms with Gasteiger partial charge in [0.1, 0.15) is 0 Å². The van der Waals surface area contributed by atoms with Crippen LogP contribution in [-0.2, 0) is 6.54 Å². The summed E-state index contributed by atoms with van der Waals surface area (Å²) in [5.74, 6) is 2.10. The molecule has 7 heteroatoms. The Bertz CT molecular complexity index is 729. The van der Waals surface area contributed by atoms with Gasteiger partial charge in [-0.1, -0.05) is 42.4 Å². The lowest BCUT2D eigenvalue weighted by Crippen LogP contribution is -2.48. The predicted octanol–water partition coefficient (Wildman–Crippen LogP) is 1.41. The van der Waals surface area contributed by atoms with Crippen LogP contribution in [-0.4, -0.2) is 88.9 Å². The molecule has 0 saturated carbocycles. The highest BCUT2D eigenvalue weighted by atomic mass is 16.5. The maximum atomic E-state index is 9.88. The maximum Gasteiger partial charge on any atom is 0.241 e. The van der Waals surface area contributed by atoms with Gasteiger partial charge in [-0.3, -0.25) is 4.90 Å². The first kappa shape index (κ1) is 19.5. The molecule has 2 unspecified atom stereocenters. The average Bonchev–Trinajstić information content (AvgIpc) is 3.36. The smallest absolute Gasteiger partial charge is 0.241 e. The van der Waals surface area contributed by atoms with Gasteiger partial charge >= 0.3 is 0 Å². The van der Waals surface area contributed by atoms with E-state index >= 15 is 0 Å². The molecule has 1 aromatic heterocycles. The van der Waals surface area contributed by atoms with Crippen LogP contribution in [0.25, 0.3) is 11.4 Å². The average molecular weight is 386 g/mol. The van der Waals surface area contributed by atoms with Crippen LogP contribution in [0.2, 0.25) is 0 Å². The third-order valence-electron chi connectivity index (χ3n) is 6.15. The van der Waals surface area contributed by atoms with Crippen molar-refractivity contribution in [3.05, 3.63) is 36.2 Å². The van der Waals surface area contributed by atoms with Gasteiger partial charge in [-0.05, 0) is 18.4 Å². The van der Waals surface area contributed by atoms with E-state index in [2.05, 4.69) is 31.8 Å². The highest BCUT2D eigenvalue weighted by Crippen LogP contribution is 2.26. The number of rotatable bonds is 7. The minimum atomic E-state index is 0.245. The number of hydrogen-bond acceptors (Lipinski definition) is 7. The summed E-state index contributed by atoms with van der Waals surface area (Å²) in [5, 5.41) is 14.0. The van der Waals surface area contributed by atoms with Crippen LogP contribution in [0.1, 0.15) is 12.8 Å². The highest BCUT2D eigenvalue weighted by Gasteiger charge is 2.34. The molecule has 152 valence electrons. The van der Waals surface area contributed by atoms with Crippen LogP contribution in [0.4, 0.5) is 0 Å². The molecule has 2 atom stereocenters. The third kappa shape index (κ3) is 4.60. The lowest BCUT2D eigenvalue weighted by atomic mass is 9.96. The Kier molecular flexibility index (Phi) is 6.36. The Balaban J connectivity index is 1.32. The minimum absolute atomic E-state index is 0.245. The van der Waals surface area contributed by atoms with E-state index in [0.29, 0.717) is 30.1 Å². The van der Waals surface area contributed by atoms with E-state index < -0.39 is 0 Å². The Morgan fingerprint density at radius 2 is 1.71 bits per heavy atom. The van der Waals surface area contributed by atoms with Crippen molar-refractivity contribution in [2.75, 3.05) is 59.0 Å². The second-order valence-electron chi connectivity index (χ2n) is 8.01. The van der Waals surface area contributed by atoms with Crippen molar-refractivity contribution in [1.82, 2.24) is 24.8 Å². The Labute approximate surface area is 166 Å². The normalized spacial score (nSPS) is 24.8. The van der Waals surface area contributed by atoms with Gasteiger partial charge in [0, 0.05) is 58.0 Å². The molecule has 0 bridgehead atoms. The number of benzene rings is 1. The lowest BCUT2D eigenvalue weighted by Gasteiger charge is -2.36. The topological polar surface area (TPSA) is 68.9 Å². The van der Waals surface area contributed by atoms with E-state index in [1.165, 1.54) is 0 Å². The summed E-state index contributed by atoms with van der Waals surface area (Å²) in [5.41, 5.74) is 0.969. The second kappa shape index (κ2) is 9.13. The van der Waals surface area contributed by atoms with Gasteiger partial charge in [0.25, 0.3) is 0 Å². The Morgan fingerprint density at radius 3 is 2.43 bits per heavy atom. The zero-order chi connectivity index (χ0) is 19.3. The molecular weight excluding hydrogens is 354 g/mol. The summed E-state index contributed by atoms with van der Waals surface area (Å²) in [7, 11) is 0. The number of aliphatic hydroxyl groups excluding tert-OH is 1. The number of aromatic nitrogens is 2. The predicted molar refractivity (Wildman–Crippen MR) is 108 cm³/mol. The van der Waals surface area contributed by atoms with E-state index in [0.717, 1.165) is 57.9 Å². The molecule has 1 aromatic carbocycles. The summed E-state index contributed by atoms with van der Waals surface area (Å²) in [6.45, 7) is 11.8. The molecule has 28 heavy (non-hydrogen) atoms. The van der Waals surface area contributed by atoms with Crippen LogP contribution >= 0.6 is 0 Å². The second-order valence-corrected chi connectivity index (χ2v) is 8.01. The van der Waals surface area contributed by atoms with Gasteiger partial charge in [-0.2, -0.15) is 4.98 Å². The molecule has 7 nitrogen and oxygen atoms in total. The maximum absolute atomic E-state index is 9.88. The fourth-order valence-corrected chi connectivity index (χ4v) is 4.41. The Hall–Kier alpha value is -1.80. The van der Waals surface area contributed by atoms with Gasteiger partial charge in [0.05, 0.1) is 6.54 Å². The number of likely N-dealkylation sites (tertiary alicyclic amines) is 1. The molecule has 2 aromatic rings. The van der Waals surface area contributed by atoms with Gasteiger partial charge < -0.3 is 19.4 Å². The molecule has 0 aliphatic carbocycles. The van der Waals surface area contributed by atoms with Crippen molar-refractivity contribution in [2.45, 2.75) is 13.5 Å². The first-order chi connectivity index (χ1) is 13.7. The van der Waals surface area contributed by atoms with Crippen molar-refractivity contribution in [3.8, 4) is 11.4 Å². The van der Waals surface area contributed by atoms with Gasteiger partial charge in [0.15, 0.2) is 0 Å². The SMILES string of the molecule is CCN1CCN(CC2CN(Cc3nc(-c4ccccc4)no3)CC2CO)CC1. The standard InChI is InChI=1S/C21H31N5O2/c1-2-24-8-10-25(11-9-24)12-18-13-26(14-19(18)16-27)15-20-22-21(23-28-20)17-6-4-3-5-7-17/h3-7,18-19,27H,2,8-16H2,1H3. The zero-order valence-electron chi connectivity index (χ0n) is 16.7. The number of nitrogens with zero attached hydrogens (tertiary/aromatic N) is 5. The van der Waals surface area contributed by atoms with Crippen LogP contribution in [0.15, 0.2) is 34.9 Å². The van der Waals surface area contributed by atoms with Crippen LogP contribution < -0.4 is 0 Å². The quantitative estimate of drug-likeness (QED) is 0.773. The van der Waals surface area contributed by atoms with E-state index in [4.69, 9.17) is 4.52 Å². The van der Waals surface area contributed by atoms with Crippen LogP contribution in [0, 0.1) is 11.8 Å². The monoisotopic (exact) mass is 385 g/mol. The number of hydrogen-bond donors (Lipinski definition) is 1. The highest BCUT2D eigenvalue weighted by molar-refractivity contribution is 5.53. The molecule has 3 heterocycles. The van der Waals surface area contributed by atoms with E-state index in [1.54, 1.807) is 0 Å². The fourth-order valence-electron chi connectivity index (χ4n) is 4.41. The summed E-state index contributed by atoms with van der Waals surface area (Å²) in [6.07, 6.45) is 0. The summed E-state index contributed by atoms with van der Waals surface area (Å²) >= 11 is 0. The number of likely N-dealkylation sites (N-methyl/N-ethyl adjacent to an activating group) is 1. The molecule has 2 saturated heterocycles. The zero-order valence-corrected chi connectivity index (χ0v) is 16.7. The van der Waals surface area contributed by atoms with Crippen molar-refractivity contribution < 1.29 is 9.63 Å². The molecule has 0 amide bonds. The third-order valence-corrected chi connectivity index (χ3v) is 6.15. The molecule has 4 rings (SSSR count). The first-order valence-electron chi connectivity index (χ1n) is 10.4. The molecule has 1 N–H and O–H groups in total. The molecule has 2 fully saturated rings. The van der Waals surface area contributed by atoms with Crippen molar-refractivity contribution in [3.63, 3.8) is 0 Å². The minimum Gasteiger partial charge on any atom is -0.396 e. The van der Waals surface area contributed by atoms with Gasteiger partial charge in [0.2, 0.25) is 11.7 Å². The largest absolute Gasteiger partial charge is 0.396 e. The lowest BCUT2D eigenvalue weighted by molar-refractivity contribution is 0.106. The summed E-state index contributed by atoms with van der Waals surface area (Å²) in [4.78, 5) is 12.0. The molecule has 0 radical (unpaired) electrons. The van der Waals surface area contributed by atoms with E-state index in [-0.39, 0.29) is 6.61 Å². The first-order valence-corrected chi connectivity index (χ1v) is 10.4. The van der Waals surface area contributed by atoms with Gasteiger partial charge in [-0.15, -0.1) is 0 Å². The number of piperazine rings is 1. The molecular formula is C21H31N5O2. The van der Waals surface area contributed by atoms with Crippen LogP contribution in [0.5, 0.6) is 0 Å². The van der Waals surface area contributed by atoms with Crippen molar-refractivity contribution in [1.29, 1.82) is 0 Å². The van der Waals surface area contributed by atoms with E-state index in [1.807, 2.05) is 30.3 Å². The summed E-state index contributed by atoms with van der Waals surface area (Å²) in [6, 6.07) is 9.90. The molecule has 2 aliphatic rings. The molecule has 2 aliphatic heterocycles. The fraction of sp³-hybridized carbons (Fsp3) is 0.619.